The van der Waals surface area contributed by atoms with E-state index in [1.54, 1.807) is 0 Å². The van der Waals surface area contributed by atoms with Gasteiger partial charge in [0, 0.05) is 12.0 Å². The molecule has 0 aromatic heterocycles. The molecule has 2 heteroatoms. The molecule has 96 valence electrons. The predicted octanol–water partition coefficient (Wildman–Crippen LogP) is 3.22. The van der Waals surface area contributed by atoms with Crippen LogP contribution in [0.15, 0.2) is 0 Å². The Balaban J connectivity index is 1.78. The molecule has 0 atom stereocenters. The minimum absolute atomic E-state index is 0.428. The van der Waals surface area contributed by atoms with Crippen molar-refractivity contribution in [1.82, 2.24) is 5.32 Å². The number of unbranched alkanes of at least 4 members (excludes halogenated alkanes) is 3. The molecule has 0 amide bonds. The van der Waals surface area contributed by atoms with Crippen molar-refractivity contribution in [2.75, 3.05) is 26.3 Å². The summed E-state index contributed by atoms with van der Waals surface area (Å²) < 4.78 is 5.23. The predicted molar refractivity (Wildman–Crippen MR) is 69.7 cm³/mol. The van der Waals surface area contributed by atoms with Gasteiger partial charge in [0.05, 0.1) is 13.2 Å². The van der Waals surface area contributed by atoms with Crippen LogP contribution in [-0.4, -0.2) is 26.3 Å². The second-order valence-corrected chi connectivity index (χ2v) is 6.08. The SMILES string of the molecule is CC(C)CCCCCCNCC1(C)COC1. The minimum Gasteiger partial charge on any atom is -0.380 e. The van der Waals surface area contributed by atoms with Gasteiger partial charge in [0.15, 0.2) is 0 Å². The maximum absolute atomic E-state index is 5.23. The molecule has 0 bridgehead atoms. The summed E-state index contributed by atoms with van der Waals surface area (Å²) in [7, 11) is 0. The van der Waals surface area contributed by atoms with E-state index in [-0.39, 0.29) is 0 Å². The van der Waals surface area contributed by atoms with Gasteiger partial charge in [0.1, 0.15) is 0 Å². The molecule has 0 aromatic carbocycles. The summed E-state index contributed by atoms with van der Waals surface area (Å²) in [5, 5.41) is 3.55. The van der Waals surface area contributed by atoms with Crippen molar-refractivity contribution in [2.24, 2.45) is 11.3 Å². The van der Waals surface area contributed by atoms with Crippen molar-refractivity contribution in [3.63, 3.8) is 0 Å². The molecule has 0 saturated carbocycles. The fourth-order valence-corrected chi connectivity index (χ4v) is 2.10. The Morgan fingerprint density at radius 2 is 1.81 bits per heavy atom. The summed E-state index contributed by atoms with van der Waals surface area (Å²) >= 11 is 0. The molecule has 0 aromatic rings. The first-order valence-electron chi connectivity index (χ1n) is 6.91. The third-order valence-corrected chi connectivity index (χ3v) is 3.34. The van der Waals surface area contributed by atoms with E-state index in [0.717, 1.165) is 25.7 Å². The average Bonchev–Trinajstić information content (AvgIpc) is 2.19. The number of hydrogen-bond donors (Lipinski definition) is 1. The van der Waals surface area contributed by atoms with Gasteiger partial charge in [-0.2, -0.15) is 0 Å². The van der Waals surface area contributed by atoms with Gasteiger partial charge in [0.25, 0.3) is 0 Å². The van der Waals surface area contributed by atoms with Crippen molar-refractivity contribution >= 4 is 0 Å². The summed E-state index contributed by atoms with van der Waals surface area (Å²) in [5.41, 5.74) is 0.428. The molecule has 16 heavy (non-hydrogen) atoms. The standard InChI is InChI=1S/C14H29NO/c1-13(2)8-6-4-5-7-9-15-10-14(3)11-16-12-14/h13,15H,4-12H2,1-3H3. The van der Waals surface area contributed by atoms with E-state index in [0.29, 0.717) is 5.41 Å². The lowest BCUT2D eigenvalue weighted by Gasteiger charge is -2.38. The zero-order valence-corrected chi connectivity index (χ0v) is 11.3. The highest BCUT2D eigenvalue weighted by atomic mass is 16.5. The summed E-state index contributed by atoms with van der Waals surface area (Å²) in [6.07, 6.45) is 6.91. The molecular weight excluding hydrogens is 198 g/mol. The van der Waals surface area contributed by atoms with E-state index >= 15 is 0 Å². The van der Waals surface area contributed by atoms with Crippen molar-refractivity contribution in [3.05, 3.63) is 0 Å². The molecule has 1 aliphatic rings. The van der Waals surface area contributed by atoms with Gasteiger partial charge in [-0.3, -0.25) is 0 Å². The molecule has 0 radical (unpaired) electrons. The first kappa shape index (κ1) is 14.0. The zero-order valence-electron chi connectivity index (χ0n) is 11.3. The summed E-state index contributed by atoms with van der Waals surface area (Å²) in [5.74, 6) is 0.872. The number of rotatable bonds is 9. The first-order valence-corrected chi connectivity index (χ1v) is 6.91. The van der Waals surface area contributed by atoms with Crippen LogP contribution < -0.4 is 5.32 Å². The van der Waals surface area contributed by atoms with Crippen molar-refractivity contribution in [1.29, 1.82) is 0 Å². The van der Waals surface area contributed by atoms with E-state index in [1.165, 1.54) is 38.6 Å². The van der Waals surface area contributed by atoms with Gasteiger partial charge in [-0.15, -0.1) is 0 Å². The van der Waals surface area contributed by atoms with E-state index in [2.05, 4.69) is 26.1 Å². The molecule has 0 aliphatic carbocycles. The van der Waals surface area contributed by atoms with Gasteiger partial charge >= 0.3 is 0 Å². The molecule has 2 nitrogen and oxygen atoms in total. The van der Waals surface area contributed by atoms with Crippen LogP contribution in [0.3, 0.4) is 0 Å². The van der Waals surface area contributed by atoms with Gasteiger partial charge < -0.3 is 10.1 Å². The molecular formula is C14H29NO. The maximum atomic E-state index is 5.23. The number of ether oxygens (including phenoxy) is 1. The Labute approximate surface area is 101 Å². The monoisotopic (exact) mass is 227 g/mol. The third kappa shape index (κ3) is 5.86. The Kier molecular flexibility index (Phi) is 6.37. The summed E-state index contributed by atoms with van der Waals surface area (Å²) in [6.45, 7) is 11.1. The topological polar surface area (TPSA) is 21.3 Å². The number of nitrogens with one attached hydrogen (secondary N) is 1. The molecule has 1 aliphatic heterocycles. The van der Waals surface area contributed by atoms with E-state index in [1.807, 2.05) is 0 Å². The largest absolute Gasteiger partial charge is 0.380 e. The quantitative estimate of drug-likeness (QED) is 0.611. The van der Waals surface area contributed by atoms with Crippen molar-refractivity contribution < 1.29 is 4.74 Å². The Hall–Kier alpha value is -0.0800. The van der Waals surface area contributed by atoms with Crippen LogP contribution in [0.5, 0.6) is 0 Å². The van der Waals surface area contributed by atoms with Crippen molar-refractivity contribution in [3.8, 4) is 0 Å². The van der Waals surface area contributed by atoms with Crippen LogP contribution in [0.1, 0.15) is 52.9 Å². The normalized spacial score (nSPS) is 18.8. The average molecular weight is 227 g/mol. The maximum Gasteiger partial charge on any atom is 0.0554 e. The molecule has 1 rings (SSSR count). The Bertz CT molecular complexity index is 176. The van der Waals surface area contributed by atoms with Crippen LogP contribution in [0, 0.1) is 11.3 Å². The van der Waals surface area contributed by atoms with Crippen LogP contribution in [0.2, 0.25) is 0 Å². The Morgan fingerprint density at radius 1 is 1.12 bits per heavy atom. The fraction of sp³-hybridized carbons (Fsp3) is 1.00. The second kappa shape index (κ2) is 7.29. The van der Waals surface area contributed by atoms with Crippen LogP contribution in [0.25, 0.3) is 0 Å². The third-order valence-electron chi connectivity index (χ3n) is 3.34. The lowest BCUT2D eigenvalue weighted by Crippen LogP contribution is -2.47. The minimum atomic E-state index is 0.428. The van der Waals surface area contributed by atoms with E-state index in [4.69, 9.17) is 4.74 Å². The molecule has 1 heterocycles. The zero-order chi connectivity index (χ0) is 11.9. The van der Waals surface area contributed by atoms with Crippen molar-refractivity contribution in [2.45, 2.75) is 52.9 Å². The van der Waals surface area contributed by atoms with E-state index < -0.39 is 0 Å². The molecule has 0 spiro atoms. The first-order chi connectivity index (χ1) is 7.62. The molecule has 1 saturated heterocycles. The van der Waals surface area contributed by atoms with Gasteiger partial charge in [-0.1, -0.05) is 46.5 Å². The van der Waals surface area contributed by atoms with Gasteiger partial charge in [-0.05, 0) is 18.9 Å². The molecule has 1 N–H and O–H groups in total. The van der Waals surface area contributed by atoms with Gasteiger partial charge in [-0.25, -0.2) is 0 Å². The fourth-order valence-electron chi connectivity index (χ4n) is 2.10. The van der Waals surface area contributed by atoms with Crippen LogP contribution in [0.4, 0.5) is 0 Å². The van der Waals surface area contributed by atoms with Crippen LogP contribution >= 0.6 is 0 Å². The molecule has 0 unspecified atom stereocenters. The molecule has 1 fully saturated rings. The Morgan fingerprint density at radius 3 is 2.38 bits per heavy atom. The lowest BCUT2D eigenvalue weighted by molar-refractivity contribution is -0.0989. The summed E-state index contributed by atoms with van der Waals surface area (Å²) in [6, 6.07) is 0. The summed E-state index contributed by atoms with van der Waals surface area (Å²) in [4.78, 5) is 0. The van der Waals surface area contributed by atoms with E-state index in [9.17, 15) is 0 Å². The van der Waals surface area contributed by atoms with Gasteiger partial charge in [0.2, 0.25) is 0 Å². The van der Waals surface area contributed by atoms with Crippen LogP contribution in [-0.2, 0) is 4.74 Å². The number of hydrogen-bond acceptors (Lipinski definition) is 2. The highest BCUT2D eigenvalue weighted by molar-refractivity contribution is 4.82. The highest BCUT2D eigenvalue weighted by Crippen LogP contribution is 2.24. The highest BCUT2D eigenvalue weighted by Gasteiger charge is 2.32. The lowest BCUT2D eigenvalue weighted by atomic mass is 9.89. The smallest absolute Gasteiger partial charge is 0.0554 e. The second-order valence-electron chi connectivity index (χ2n) is 6.08.